The van der Waals surface area contributed by atoms with Crippen LogP contribution in [0, 0.1) is 18.3 Å². The number of unbranched alkanes of at least 4 members (excludes halogenated alkanes) is 1. The predicted molar refractivity (Wildman–Crippen MR) is 125 cm³/mol. The van der Waals surface area contributed by atoms with Gasteiger partial charge in [-0.05, 0) is 74.5 Å². The first-order valence-electron chi connectivity index (χ1n) is 11.1. The van der Waals surface area contributed by atoms with Gasteiger partial charge in [0.1, 0.15) is 23.8 Å². The van der Waals surface area contributed by atoms with Crippen LogP contribution in [0.3, 0.4) is 0 Å². The highest BCUT2D eigenvalue weighted by molar-refractivity contribution is 5.55. The molecule has 0 aliphatic carbocycles. The fourth-order valence-corrected chi connectivity index (χ4v) is 3.42. The van der Waals surface area contributed by atoms with Crippen LogP contribution in [0.4, 0.5) is 0 Å². The Kier molecular flexibility index (Phi) is 8.29. The number of benzene rings is 2. The fraction of sp³-hybridized carbons (Fsp3) is 0.385. The Morgan fingerprint density at radius 2 is 1.84 bits per heavy atom. The van der Waals surface area contributed by atoms with Crippen molar-refractivity contribution in [2.75, 3.05) is 20.2 Å². The number of hydrogen-bond donors (Lipinski definition) is 0. The van der Waals surface area contributed by atoms with Crippen LogP contribution in [0.2, 0.25) is 0 Å². The molecule has 0 N–H and O–H groups in total. The number of aryl methyl sites for hydroxylation is 1. The molecule has 0 saturated carbocycles. The summed E-state index contributed by atoms with van der Waals surface area (Å²) in [6.07, 6.45) is 2.30. The van der Waals surface area contributed by atoms with Crippen LogP contribution in [0.5, 0.6) is 11.5 Å². The highest BCUT2D eigenvalue weighted by Gasteiger charge is 2.18. The van der Waals surface area contributed by atoms with Gasteiger partial charge in [0.05, 0.1) is 18.7 Å². The Morgan fingerprint density at radius 3 is 2.47 bits per heavy atom. The summed E-state index contributed by atoms with van der Waals surface area (Å²) >= 11 is 0. The molecular weight excluding hydrogens is 402 g/mol. The van der Waals surface area contributed by atoms with Crippen LogP contribution in [0.25, 0.3) is 11.5 Å². The van der Waals surface area contributed by atoms with Gasteiger partial charge in [0.2, 0.25) is 5.89 Å². The molecule has 1 aromatic heterocycles. The van der Waals surface area contributed by atoms with E-state index >= 15 is 0 Å². The predicted octanol–water partition coefficient (Wildman–Crippen LogP) is 5.73. The number of nitrogens with zero attached hydrogens (tertiary/aromatic N) is 3. The minimum Gasteiger partial charge on any atom is -0.497 e. The number of methoxy groups -OCH3 is 1. The summed E-state index contributed by atoms with van der Waals surface area (Å²) in [6.45, 7) is 9.21. The van der Waals surface area contributed by atoms with E-state index < -0.39 is 0 Å². The van der Waals surface area contributed by atoms with Gasteiger partial charge in [-0.2, -0.15) is 5.26 Å². The molecule has 6 nitrogen and oxygen atoms in total. The van der Waals surface area contributed by atoms with Gasteiger partial charge in [0.15, 0.2) is 5.76 Å². The van der Waals surface area contributed by atoms with Gasteiger partial charge in [-0.25, -0.2) is 4.98 Å². The Morgan fingerprint density at radius 1 is 1.09 bits per heavy atom. The lowest BCUT2D eigenvalue weighted by atomic mass is 10.1. The molecule has 0 aliphatic heterocycles. The average molecular weight is 434 g/mol. The second-order valence-corrected chi connectivity index (χ2v) is 7.72. The molecule has 0 atom stereocenters. The van der Waals surface area contributed by atoms with Crippen molar-refractivity contribution in [2.24, 2.45) is 0 Å². The molecule has 3 aromatic rings. The first-order valence-corrected chi connectivity index (χ1v) is 11.1. The number of hydrogen-bond acceptors (Lipinski definition) is 6. The Labute approximate surface area is 190 Å². The smallest absolute Gasteiger partial charge is 0.226 e. The summed E-state index contributed by atoms with van der Waals surface area (Å²) in [5, 5.41) is 9.14. The van der Waals surface area contributed by atoms with Crippen molar-refractivity contribution in [3.8, 4) is 29.0 Å². The third-order valence-corrected chi connectivity index (χ3v) is 5.45. The van der Waals surface area contributed by atoms with Gasteiger partial charge in [-0.3, -0.25) is 4.90 Å². The molecule has 32 heavy (non-hydrogen) atoms. The zero-order valence-electron chi connectivity index (χ0n) is 19.4. The van der Waals surface area contributed by atoms with E-state index in [0.717, 1.165) is 48.5 Å². The molecule has 0 fully saturated rings. The summed E-state index contributed by atoms with van der Waals surface area (Å²) in [5.74, 6) is 2.78. The quantitative estimate of drug-likeness (QED) is 0.384. The minimum absolute atomic E-state index is 0.273. The maximum absolute atomic E-state index is 9.14. The van der Waals surface area contributed by atoms with Gasteiger partial charge in [0, 0.05) is 12.1 Å². The van der Waals surface area contributed by atoms with Crippen molar-refractivity contribution in [3.05, 3.63) is 65.0 Å². The lowest BCUT2D eigenvalue weighted by Gasteiger charge is -2.19. The minimum atomic E-state index is 0.273. The van der Waals surface area contributed by atoms with Gasteiger partial charge in [-0.1, -0.05) is 20.3 Å². The molecule has 2 aromatic carbocycles. The van der Waals surface area contributed by atoms with E-state index in [1.165, 1.54) is 0 Å². The van der Waals surface area contributed by atoms with Crippen LogP contribution in [-0.4, -0.2) is 30.1 Å². The normalized spacial score (nSPS) is 10.9. The first-order chi connectivity index (χ1) is 15.6. The van der Waals surface area contributed by atoms with Crippen molar-refractivity contribution in [1.29, 1.82) is 5.26 Å². The van der Waals surface area contributed by atoms with E-state index in [9.17, 15) is 0 Å². The number of aromatic nitrogens is 1. The van der Waals surface area contributed by atoms with Gasteiger partial charge < -0.3 is 13.9 Å². The molecule has 0 aliphatic rings. The van der Waals surface area contributed by atoms with Crippen LogP contribution < -0.4 is 9.47 Å². The SMILES string of the molecule is CCCCN(CC)Cc1nc(-c2ccc(OC)cc2)oc1COc1ccc(C#N)c(C)c1. The van der Waals surface area contributed by atoms with Gasteiger partial charge in [0.25, 0.3) is 0 Å². The lowest BCUT2D eigenvalue weighted by Crippen LogP contribution is -2.24. The molecule has 6 heteroatoms. The first kappa shape index (κ1) is 23.4. The van der Waals surface area contributed by atoms with Crippen molar-refractivity contribution in [2.45, 2.75) is 46.8 Å². The molecular formula is C26H31N3O3. The fourth-order valence-electron chi connectivity index (χ4n) is 3.42. The van der Waals surface area contributed by atoms with Crippen molar-refractivity contribution in [1.82, 2.24) is 9.88 Å². The topological polar surface area (TPSA) is 71.5 Å². The molecule has 0 unspecified atom stereocenters. The Balaban J connectivity index is 1.84. The average Bonchev–Trinajstić information content (AvgIpc) is 3.23. The van der Waals surface area contributed by atoms with Crippen LogP contribution in [0.15, 0.2) is 46.9 Å². The Hall–Kier alpha value is -3.30. The van der Waals surface area contributed by atoms with Crippen molar-refractivity contribution in [3.63, 3.8) is 0 Å². The number of rotatable bonds is 11. The maximum Gasteiger partial charge on any atom is 0.226 e. The summed E-state index contributed by atoms with van der Waals surface area (Å²) < 4.78 is 17.4. The molecule has 0 amide bonds. The highest BCUT2D eigenvalue weighted by Crippen LogP contribution is 2.26. The highest BCUT2D eigenvalue weighted by atomic mass is 16.5. The molecule has 0 saturated heterocycles. The largest absolute Gasteiger partial charge is 0.497 e. The molecule has 168 valence electrons. The molecule has 0 radical (unpaired) electrons. The summed E-state index contributed by atoms with van der Waals surface area (Å²) in [7, 11) is 1.65. The van der Waals surface area contributed by atoms with E-state index in [1.54, 1.807) is 13.2 Å². The molecule has 3 rings (SSSR count). The van der Waals surface area contributed by atoms with Crippen molar-refractivity contribution >= 4 is 0 Å². The summed E-state index contributed by atoms with van der Waals surface area (Å²) in [6, 6.07) is 15.3. The van der Waals surface area contributed by atoms with Crippen molar-refractivity contribution < 1.29 is 13.9 Å². The molecule has 0 bridgehead atoms. The van der Waals surface area contributed by atoms with Gasteiger partial charge >= 0.3 is 0 Å². The van der Waals surface area contributed by atoms with Crippen LogP contribution in [-0.2, 0) is 13.2 Å². The van der Waals surface area contributed by atoms with Crippen LogP contribution >= 0.6 is 0 Å². The monoisotopic (exact) mass is 433 g/mol. The lowest BCUT2D eigenvalue weighted by molar-refractivity contribution is 0.251. The third kappa shape index (κ3) is 5.89. The maximum atomic E-state index is 9.14. The zero-order valence-corrected chi connectivity index (χ0v) is 19.4. The molecule has 0 spiro atoms. The second-order valence-electron chi connectivity index (χ2n) is 7.72. The van der Waals surface area contributed by atoms with Gasteiger partial charge in [-0.15, -0.1) is 0 Å². The summed E-state index contributed by atoms with van der Waals surface area (Å²) in [5.41, 5.74) is 3.32. The number of nitriles is 1. The number of ether oxygens (including phenoxy) is 2. The van der Waals surface area contributed by atoms with E-state index in [1.807, 2.05) is 43.3 Å². The second kappa shape index (κ2) is 11.4. The third-order valence-electron chi connectivity index (χ3n) is 5.45. The van der Waals surface area contributed by atoms with E-state index in [2.05, 4.69) is 24.8 Å². The van der Waals surface area contributed by atoms with Crippen LogP contribution in [0.1, 0.15) is 49.3 Å². The number of oxazole rings is 1. The van der Waals surface area contributed by atoms with E-state index in [-0.39, 0.29) is 6.61 Å². The van der Waals surface area contributed by atoms with E-state index in [0.29, 0.717) is 29.5 Å². The van der Waals surface area contributed by atoms with E-state index in [4.69, 9.17) is 24.1 Å². The Bertz CT molecular complexity index is 1050. The summed E-state index contributed by atoms with van der Waals surface area (Å²) in [4.78, 5) is 7.19. The molecule has 1 heterocycles. The zero-order chi connectivity index (χ0) is 22.9. The standard InChI is InChI=1S/C26H31N3O3/c1-5-7-14-29(6-2)17-24-25(18-31-23-13-10-21(16-27)19(3)15-23)32-26(28-24)20-8-11-22(30-4)12-9-20/h8-13,15H,5-7,14,17-18H2,1-4H3.